The molecule has 0 saturated carbocycles. The van der Waals surface area contributed by atoms with Gasteiger partial charge in [-0.05, 0) is 49.9 Å². The Morgan fingerprint density at radius 2 is 1.96 bits per heavy atom. The minimum Gasteiger partial charge on any atom is -0.468 e. The first-order chi connectivity index (χ1) is 12.1. The van der Waals surface area contributed by atoms with Crippen molar-refractivity contribution in [1.29, 1.82) is 0 Å². The standard InChI is InChI=1S/C20H29NO4/c1-3-20(22,4-2)19-10-9-18(25-19)15-21(13-16-7-5-11-23-16)14-17-8-6-12-24-17/h5,7,9-11,17,22H,3-4,6,8,12-15H2,1-2H3. The molecule has 1 fully saturated rings. The lowest BCUT2D eigenvalue weighted by atomic mass is 9.95. The molecule has 0 aliphatic carbocycles. The van der Waals surface area contributed by atoms with Gasteiger partial charge in [0.15, 0.2) is 0 Å². The summed E-state index contributed by atoms with van der Waals surface area (Å²) in [5.74, 6) is 2.45. The van der Waals surface area contributed by atoms with Crippen LogP contribution < -0.4 is 0 Å². The molecule has 25 heavy (non-hydrogen) atoms. The molecule has 1 saturated heterocycles. The molecule has 0 aromatic carbocycles. The van der Waals surface area contributed by atoms with E-state index in [0.29, 0.717) is 31.7 Å². The van der Waals surface area contributed by atoms with E-state index in [1.807, 2.05) is 38.1 Å². The zero-order valence-corrected chi connectivity index (χ0v) is 15.2. The van der Waals surface area contributed by atoms with Gasteiger partial charge < -0.3 is 18.7 Å². The van der Waals surface area contributed by atoms with E-state index in [9.17, 15) is 5.11 Å². The van der Waals surface area contributed by atoms with Crippen molar-refractivity contribution in [1.82, 2.24) is 4.90 Å². The summed E-state index contributed by atoms with van der Waals surface area (Å²) in [5.41, 5.74) is -0.876. The SMILES string of the molecule is CCC(O)(CC)c1ccc(CN(Cc2ccco2)CC2CCCO2)o1. The molecule has 1 aliphatic rings. The zero-order chi connectivity index (χ0) is 17.7. The molecule has 0 amide bonds. The lowest BCUT2D eigenvalue weighted by Gasteiger charge is -2.24. The van der Waals surface area contributed by atoms with Gasteiger partial charge in [-0.2, -0.15) is 0 Å². The first-order valence-corrected chi connectivity index (χ1v) is 9.31. The second-order valence-corrected chi connectivity index (χ2v) is 6.89. The van der Waals surface area contributed by atoms with Crippen molar-refractivity contribution < 1.29 is 18.7 Å². The Bertz CT molecular complexity index is 624. The fourth-order valence-corrected chi connectivity index (χ4v) is 3.42. The quantitative estimate of drug-likeness (QED) is 0.741. The summed E-state index contributed by atoms with van der Waals surface area (Å²) in [6.07, 6.45) is 5.49. The molecule has 5 heteroatoms. The van der Waals surface area contributed by atoms with Crippen LogP contribution >= 0.6 is 0 Å². The Kier molecular flexibility index (Phi) is 5.99. The molecule has 138 valence electrons. The molecule has 0 spiro atoms. The number of rotatable bonds is 9. The van der Waals surface area contributed by atoms with Crippen LogP contribution in [0.2, 0.25) is 0 Å². The maximum absolute atomic E-state index is 10.6. The van der Waals surface area contributed by atoms with Crippen molar-refractivity contribution in [3.8, 4) is 0 Å². The molecular formula is C20H29NO4. The maximum Gasteiger partial charge on any atom is 0.135 e. The summed E-state index contributed by atoms with van der Waals surface area (Å²) < 4.78 is 17.3. The monoisotopic (exact) mass is 347 g/mol. The number of ether oxygens (including phenoxy) is 1. The van der Waals surface area contributed by atoms with Gasteiger partial charge in [0.25, 0.3) is 0 Å². The Labute approximate surface area is 149 Å². The highest BCUT2D eigenvalue weighted by molar-refractivity contribution is 5.14. The van der Waals surface area contributed by atoms with Crippen LogP contribution in [0.25, 0.3) is 0 Å². The van der Waals surface area contributed by atoms with E-state index < -0.39 is 5.60 Å². The van der Waals surface area contributed by atoms with Gasteiger partial charge in [0.2, 0.25) is 0 Å². The van der Waals surface area contributed by atoms with Crippen LogP contribution in [-0.4, -0.2) is 29.3 Å². The Morgan fingerprint density at radius 3 is 2.60 bits per heavy atom. The van der Waals surface area contributed by atoms with Gasteiger partial charge >= 0.3 is 0 Å². The molecule has 1 N–H and O–H groups in total. The summed E-state index contributed by atoms with van der Waals surface area (Å²) in [7, 11) is 0. The molecule has 1 aliphatic heterocycles. The van der Waals surface area contributed by atoms with Gasteiger partial charge in [-0.15, -0.1) is 0 Å². The minimum absolute atomic E-state index is 0.271. The van der Waals surface area contributed by atoms with E-state index in [4.69, 9.17) is 13.6 Å². The van der Waals surface area contributed by atoms with Crippen molar-refractivity contribution in [3.05, 3.63) is 47.8 Å². The first-order valence-electron chi connectivity index (χ1n) is 9.31. The third-order valence-electron chi connectivity index (χ3n) is 5.11. The lowest BCUT2D eigenvalue weighted by Crippen LogP contribution is -2.31. The fourth-order valence-electron chi connectivity index (χ4n) is 3.42. The molecule has 0 bridgehead atoms. The predicted molar refractivity (Wildman–Crippen MR) is 95.0 cm³/mol. The van der Waals surface area contributed by atoms with Gasteiger partial charge in [-0.25, -0.2) is 0 Å². The van der Waals surface area contributed by atoms with E-state index in [1.54, 1.807) is 6.26 Å². The summed E-state index contributed by atoms with van der Waals surface area (Å²) in [6, 6.07) is 7.77. The van der Waals surface area contributed by atoms with Crippen LogP contribution in [0.3, 0.4) is 0 Å². The van der Waals surface area contributed by atoms with Gasteiger partial charge in [-0.1, -0.05) is 13.8 Å². The lowest BCUT2D eigenvalue weighted by molar-refractivity contribution is 0.00452. The van der Waals surface area contributed by atoms with E-state index in [1.165, 1.54) is 0 Å². The average molecular weight is 347 g/mol. The third-order valence-corrected chi connectivity index (χ3v) is 5.11. The predicted octanol–water partition coefficient (Wildman–Crippen LogP) is 4.06. The van der Waals surface area contributed by atoms with E-state index in [-0.39, 0.29) is 6.10 Å². The molecule has 1 atom stereocenters. The van der Waals surface area contributed by atoms with Gasteiger partial charge in [0, 0.05) is 13.2 Å². The second-order valence-electron chi connectivity index (χ2n) is 6.89. The zero-order valence-electron chi connectivity index (χ0n) is 15.2. The molecule has 3 rings (SSSR count). The summed E-state index contributed by atoms with van der Waals surface area (Å²) in [5, 5.41) is 10.6. The fraction of sp³-hybridized carbons (Fsp3) is 0.600. The number of aliphatic hydroxyl groups is 1. The van der Waals surface area contributed by atoms with Crippen molar-refractivity contribution >= 4 is 0 Å². The highest BCUT2D eigenvalue weighted by Gasteiger charge is 2.29. The molecular weight excluding hydrogens is 318 g/mol. The van der Waals surface area contributed by atoms with Crippen molar-refractivity contribution in [2.24, 2.45) is 0 Å². The number of furan rings is 2. The Balaban J connectivity index is 1.69. The summed E-state index contributed by atoms with van der Waals surface area (Å²) in [6.45, 7) is 7.05. The third kappa shape index (κ3) is 4.54. The molecule has 3 heterocycles. The smallest absolute Gasteiger partial charge is 0.135 e. The maximum atomic E-state index is 10.6. The molecule has 5 nitrogen and oxygen atoms in total. The normalized spacial score (nSPS) is 18.3. The molecule has 1 unspecified atom stereocenters. The summed E-state index contributed by atoms with van der Waals surface area (Å²) in [4.78, 5) is 2.29. The van der Waals surface area contributed by atoms with E-state index in [0.717, 1.165) is 37.5 Å². The molecule has 2 aromatic heterocycles. The average Bonchev–Trinajstić information content (AvgIpc) is 3.37. The van der Waals surface area contributed by atoms with Crippen LogP contribution in [0, 0.1) is 0 Å². The van der Waals surface area contributed by atoms with Crippen LogP contribution in [0.4, 0.5) is 0 Å². The highest BCUT2D eigenvalue weighted by atomic mass is 16.5. The molecule has 2 aromatic rings. The number of hydrogen-bond donors (Lipinski definition) is 1. The van der Waals surface area contributed by atoms with Gasteiger partial charge in [-0.3, -0.25) is 4.90 Å². The van der Waals surface area contributed by atoms with Crippen LogP contribution in [-0.2, 0) is 23.4 Å². The van der Waals surface area contributed by atoms with Crippen LogP contribution in [0.15, 0.2) is 39.4 Å². The largest absolute Gasteiger partial charge is 0.468 e. The van der Waals surface area contributed by atoms with Gasteiger partial charge in [0.05, 0.1) is 25.5 Å². The first kappa shape index (κ1) is 18.2. The number of nitrogens with zero attached hydrogens (tertiary/aromatic N) is 1. The van der Waals surface area contributed by atoms with Crippen LogP contribution in [0.5, 0.6) is 0 Å². The van der Waals surface area contributed by atoms with Crippen molar-refractivity contribution in [2.45, 2.75) is 64.3 Å². The van der Waals surface area contributed by atoms with Gasteiger partial charge in [0.1, 0.15) is 22.9 Å². The van der Waals surface area contributed by atoms with E-state index >= 15 is 0 Å². The van der Waals surface area contributed by atoms with Crippen molar-refractivity contribution in [3.63, 3.8) is 0 Å². The van der Waals surface area contributed by atoms with Crippen molar-refractivity contribution in [2.75, 3.05) is 13.2 Å². The topological polar surface area (TPSA) is 59.0 Å². The second kappa shape index (κ2) is 8.21. The van der Waals surface area contributed by atoms with Crippen LogP contribution in [0.1, 0.15) is 56.8 Å². The molecule has 0 radical (unpaired) electrons. The minimum atomic E-state index is -0.876. The Hall–Kier alpha value is -1.56. The Morgan fingerprint density at radius 1 is 1.16 bits per heavy atom. The highest BCUT2D eigenvalue weighted by Crippen LogP contribution is 2.30. The number of hydrogen-bond acceptors (Lipinski definition) is 5. The summed E-state index contributed by atoms with van der Waals surface area (Å²) >= 11 is 0. The van der Waals surface area contributed by atoms with E-state index in [2.05, 4.69) is 4.90 Å².